The van der Waals surface area contributed by atoms with Crippen LogP contribution in [0.5, 0.6) is 0 Å². The first-order valence-electron chi connectivity index (χ1n) is 4.90. The summed E-state index contributed by atoms with van der Waals surface area (Å²) in [5.41, 5.74) is 0.695. The first-order valence-corrected chi connectivity index (χ1v) is 4.90. The Morgan fingerprint density at radius 1 is 1.40 bits per heavy atom. The second-order valence-corrected chi connectivity index (χ2v) is 3.41. The van der Waals surface area contributed by atoms with Gasteiger partial charge in [-0.25, -0.2) is 8.78 Å². The molecule has 0 aliphatic rings. The van der Waals surface area contributed by atoms with E-state index >= 15 is 0 Å². The van der Waals surface area contributed by atoms with Gasteiger partial charge < -0.3 is 10.4 Å². The lowest BCUT2D eigenvalue weighted by molar-refractivity contribution is 0.171. The number of aryl methyl sites for hydroxylation is 1. The van der Waals surface area contributed by atoms with Crippen LogP contribution in [0.2, 0.25) is 0 Å². The summed E-state index contributed by atoms with van der Waals surface area (Å²) >= 11 is 0. The molecule has 1 unspecified atom stereocenters. The highest BCUT2D eigenvalue weighted by molar-refractivity contribution is 5.28. The fourth-order valence-electron chi connectivity index (χ4n) is 1.42. The lowest BCUT2D eigenvalue weighted by Crippen LogP contribution is -2.18. The van der Waals surface area contributed by atoms with E-state index in [-0.39, 0.29) is 12.1 Å². The van der Waals surface area contributed by atoms with E-state index in [0.29, 0.717) is 12.0 Å². The Bertz CT molecular complexity index is 342. The fraction of sp³-hybridized carbons (Fsp3) is 0.455. The lowest BCUT2D eigenvalue weighted by atomic mass is 10.0. The standard InChI is InChI=1S/C11H15F2NO/c1-3-7-4-8(10(15)6-14-2)11(13)9(12)5-7/h4-5,10,14-15H,3,6H2,1-2H3. The number of hydrogen-bond donors (Lipinski definition) is 2. The summed E-state index contributed by atoms with van der Waals surface area (Å²) in [6, 6.07) is 2.66. The number of likely N-dealkylation sites (N-methyl/N-ethyl adjacent to an activating group) is 1. The molecule has 0 heterocycles. The van der Waals surface area contributed by atoms with Crippen molar-refractivity contribution in [3.8, 4) is 0 Å². The molecule has 0 aromatic heterocycles. The van der Waals surface area contributed by atoms with Crippen molar-refractivity contribution in [3.63, 3.8) is 0 Å². The topological polar surface area (TPSA) is 32.3 Å². The van der Waals surface area contributed by atoms with Gasteiger partial charge in [-0.15, -0.1) is 0 Å². The van der Waals surface area contributed by atoms with E-state index in [0.717, 1.165) is 6.07 Å². The van der Waals surface area contributed by atoms with Gasteiger partial charge in [-0.1, -0.05) is 13.0 Å². The minimum Gasteiger partial charge on any atom is -0.387 e. The number of benzene rings is 1. The summed E-state index contributed by atoms with van der Waals surface area (Å²) in [4.78, 5) is 0. The van der Waals surface area contributed by atoms with E-state index < -0.39 is 17.7 Å². The van der Waals surface area contributed by atoms with Gasteiger partial charge >= 0.3 is 0 Å². The highest BCUT2D eigenvalue weighted by Crippen LogP contribution is 2.21. The van der Waals surface area contributed by atoms with Crippen molar-refractivity contribution in [1.29, 1.82) is 0 Å². The third-order valence-electron chi connectivity index (χ3n) is 2.28. The first kappa shape index (κ1) is 12.1. The van der Waals surface area contributed by atoms with Crippen molar-refractivity contribution in [3.05, 3.63) is 34.9 Å². The molecular weight excluding hydrogens is 200 g/mol. The van der Waals surface area contributed by atoms with E-state index in [1.165, 1.54) is 6.07 Å². The molecule has 0 bridgehead atoms. The molecule has 1 aromatic rings. The largest absolute Gasteiger partial charge is 0.387 e. The molecule has 0 aliphatic heterocycles. The van der Waals surface area contributed by atoms with Crippen LogP contribution < -0.4 is 5.32 Å². The average Bonchev–Trinajstić information content (AvgIpc) is 2.22. The van der Waals surface area contributed by atoms with Crippen LogP contribution in [0.15, 0.2) is 12.1 Å². The minimum atomic E-state index is -1.02. The van der Waals surface area contributed by atoms with Crippen molar-refractivity contribution in [2.45, 2.75) is 19.4 Å². The number of aliphatic hydroxyl groups excluding tert-OH is 1. The van der Waals surface area contributed by atoms with Crippen LogP contribution in [0, 0.1) is 11.6 Å². The van der Waals surface area contributed by atoms with E-state index in [1.54, 1.807) is 7.05 Å². The fourth-order valence-corrected chi connectivity index (χ4v) is 1.42. The molecule has 0 saturated heterocycles. The van der Waals surface area contributed by atoms with Gasteiger partial charge in [0, 0.05) is 12.1 Å². The predicted octanol–water partition coefficient (Wildman–Crippen LogP) is 1.78. The van der Waals surface area contributed by atoms with Gasteiger partial charge in [0.25, 0.3) is 0 Å². The Balaban J connectivity index is 3.09. The van der Waals surface area contributed by atoms with Gasteiger partial charge in [-0.3, -0.25) is 0 Å². The van der Waals surface area contributed by atoms with Crippen LogP contribution in [0.3, 0.4) is 0 Å². The molecule has 0 radical (unpaired) electrons. The molecule has 1 rings (SSSR count). The Morgan fingerprint density at radius 2 is 2.07 bits per heavy atom. The second kappa shape index (κ2) is 5.19. The maximum Gasteiger partial charge on any atom is 0.164 e. The normalized spacial score (nSPS) is 12.9. The van der Waals surface area contributed by atoms with Gasteiger partial charge in [0.05, 0.1) is 6.10 Å². The number of nitrogens with one attached hydrogen (secondary N) is 1. The van der Waals surface area contributed by atoms with Crippen molar-refractivity contribution >= 4 is 0 Å². The van der Waals surface area contributed by atoms with E-state index in [9.17, 15) is 13.9 Å². The molecule has 2 nitrogen and oxygen atoms in total. The van der Waals surface area contributed by atoms with Crippen LogP contribution >= 0.6 is 0 Å². The molecule has 0 saturated carbocycles. The molecule has 0 fully saturated rings. The molecule has 1 aromatic carbocycles. The zero-order valence-electron chi connectivity index (χ0n) is 8.85. The maximum absolute atomic E-state index is 13.3. The van der Waals surface area contributed by atoms with Gasteiger partial charge in [0.15, 0.2) is 11.6 Å². The maximum atomic E-state index is 13.3. The van der Waals surface area contributed by atoms with Crippen molar-refractivity contribution in [2.24, 2.45) is 0 Å². The monoisotopic (exact) mass is 215 g/mol. The first-order chi connectivity index (χ1) is 7.10. The van der Waals surface area contributed by atoms with Crippen molar-refractivity contribution in [2.75, 3.05) is 13.6 Å². The molecule has 1 atom stereocenters. The number of rotatable bonds is 4. The number of hydrogen-bond acceptors (Lipinski definition) is 2. The average molecular weight is 215 g/mol. The summed E-state index contributed by atoms with van der Waals surface area (Å²) in [7, 11) is 1.64. The summed E-state index contributed by atoms with van der Waals surface area (Å²) in [6.07, 6.45) is -0.410. The summed E-state index contributed by atoms with van der Waals surface area (Å²) < 4.78 is 26.4. The van der Waals surface area contributed by atoms with Crippen LogP contribution in [-0.4, -0.2) is 18.7 Å². The predicted molar refractivity (Wildman–Crippen MR) is 54.6 cm³/mol. The number of aliphatic hydroxyl groups is 1. The molecular formula is C11H15F2NO. The molecule has 4 heteroatoms. The van der Waals surface area contributed by atoms with Gasteiger partial charge in [-0.2, -0.15) is 0 Å². The zero-order chi connectivity index (χ0) is 11.4. The van der Waals surface area contributed by atoms with Crippen LogP contribution in [0.1, 0.15) is 24.2 Å². The molecule has 0 amide bonds. The Hall–Kier alpha value is -1.00. The molecule has 0 spiro atoms. The summed E-state index contributed by atoms with van der Waals surface area (Å²) in [5, 5.41) is 12.3. The van der Waals surface area contributed by atoms with E-state index in [2.05, 4.69) is 5.32 Å². The quantitative estimate of drug-likeness (QED) is 0.802. The van der Waals surface area contributed by atoms with Gasteiger partial charge in [0.2, 0.25) is 0 Å². The van der Waals surface area contributed by atoms with E-state index in [1.807, 2.05) is 6.92 Å². The summed E-state index contributed by atoms with van der Waals surface area (Å²) in [6.45, 7) is 2.05. The van der Waals surface area contributed by atoms with Crippen molar-refractivity contribution < 1.29 is 13.9 Å². The molecule has 15 heavy (non-hydrogen) atoms. The van der Waals surface area contributed by atoms with Crippen LogP contribution in [-0.2, 0) is 6.42 Å². The smallest absolute Gasteiger partial charge is 0.164 e. The third kappa shape index (κ3) is 2.73. The van der Waals surface area contributed by atoms with Gasteiger partial charge in [0.1, 0.15) is 0 Å². The summed E-state index contributed by atoms with van der Waals surface area (Å²) in [5.74, 6) is -1.87. The lowest BCUT2D eigenvalue weighted by Gasteiger charge is -2.13. The zero-order valence-corrected chi connectivity index (χ0v) is 8.85. The van der Waals surface area contributed by atoms with Crippen LogP contribution in [0.25, 0.3) is 0 Å². The number of halogens is 2. The molecule has 84 valence electrons. The van der Waals surface area contributed by atoms with Crippen LogP contribution in [0.4, 0.5) is 8.78 Å². The molecule has 0 aliphatic carbocycles. The Labute approximate surface area is 87.9 Å². The Morgan fingerprint density at radius 3 is 2.60 bits per heavy atom. The SMILES string of the molecule is CCc1cc(F)c(F)c(C(O)CNC)c1. The molecule has 2 N–H and O–H groups in total. The highest BCUT2D eigenvalue weighted by Gasteiger charge is 2.16. The minimum absolute atomic E-state index is 0.0150. The van der Waals surface area contributed by atoms with E-state index in [4.69, 9.17) is 0 Å². The second-order valence-electron chi connectivity index (χ2n) is 3.41. The third-order valence-corrected chi connectivity index (χ3v) is 2.28. The van der Waals surface area contributed by atoms with Crippen molar-refractivity contribution in [1.82, 2.24) is 5.32 Å². The Kier molecular flexibility index (Phi) is 4.17. The van der Waals surface area contributed by atoms with Gasteiger partial charge in [-0.05, 0) is 25.1 Å². The highest BCUT2D eigenvalue weighted by atomic mass is 19.2.